The second kappa shape index (κ2) is 9.46. The Morgan fingerprint density at radius 1 is 1.06 bits per heavy atom. The molecule has 0 amide bonds. The van der Waals surface area contributed by atoms with Gasteiger partial charge in [0.05, 0.1) is 11.7 Å². The summed E-state index contributed by atoms with van der Waals surface area (Å²) in [6.07, 6.45) is 3.07. The highest BCUT2D eigenvalue weighted by Crippen LogP contribution is 2.47. The number of carbonyl (C=O) groups excluding carboxylic acids is 2. The zero-order chi connectivity index (χ0) is 24.6. The van der Waals surface area contributed by atoms with Crippen molar-refractivity contribution in [3.63, 3.8) is 0 Å². The number of hydrogen-bond acceptors (Lipinski definition) is 5. The number of ketones is 1. The van der Waals surface area contributed by atoms with Gasteiger partial charge in [-0.05, 0) is 48.3 Å². The average molecular weight is 472 g/mol. The Labute approximate surface area is 207 Å². The predicted molar refractivity (Wildman–Crippen MR) is 135 cm³/mol. The fourth-order valence-corrected chi connectivity index (χ4v) is 5.56. The molecule has 0 saturated carbocycles. The molecule has 2 aliphatic heterocycles. The molecule has 3 aliphatic rings. The summed E-state index contributed by atoms with van der Waals surface area (Å²) >= 11 is 0. The molecule has 5 nitrogen and oxygen atoms in total. The molecule has 0 radical (unpaired) electrons. The smallest absolute Gasteiger partial charge is 0.336 e. The van der Waals surface area contributed by atoms with Crippen LogP contribution < -0.4 is 5.32 Å². The lowest BCUT2D eigenvalue weighted by atomic mass is 9.68. The lowest BCUT2D eigenvalue weighted by Crippen LogP contribution is -2.39. The third-order valence-electron chi connectivity index (χ3n) is 7.24. The van der Waals surface area contributed by atoms with Crippen molar-refractivity contribution in [1.29, 1.82) is 0 Å². The largest absolute Gasteiger partial charge is 0.459 e. The number of hydrogen-bond donors (Lipinski definition) is 1. The van der Waals surface area contributed by atoms with Gasteiger partial charge in [0.1, 0.15) is 6.61 Å². The van der Waals surface area contributed by atoms with E-state index in [1.807, 2.05) is 37.3 Å². The van der Waals surface area contributed by atoms with Gasteiger partial charge in [0, 0.05) is 35.9 Å². The molecule has 2 heterocycles. The number of nitrogens with one attached hydrogen (secondary N) is 1. The number of carbonyl (C=O) groups is 2. The second-order valence-electron chi connectivity index (χ2n) is 10.7. The first-order valence-electron chi connectivity index (χ1n) is 12.5. The zero-order valence-corrected chi connectivity index (χ0v) is 20.7. The van der Waals surface area contributed by atoms with E-state index >= 15 is 0 Å². The highest BCUT2D eigenvalue weighted by atomic mass is 16.6. The van der Waals surface area contributed by atoms with Crippen molar-refractivity contribution in [1.82, 2.24) is 5.32 Å². The van der Waals surface area contributed by atoms with Gasteiger partial charge < -0.3 is 14.8 Å². The van der Waals surface area contributed by atoms with E-state index in [9.17, 15) is 9.59 Å². The van der Waals surface area contributed by atoms with Crippen LogP contribution in [0.4, 0.5) is 0 Å². The van der Waals surface area contributed by atoms with Crippen LogP contribution in [0.25, 0.3) is 11.1 Å². The normalized spacial score (nSPS) is 23.7. The van der Waals surface area contributed by atoms with Crippen LogP contribution in [0.5, 0.6) is 0 Å². The van der Waals surface area contributed by atoms with Crippen LogP contribution in [0, 0.1) is 5.41 Å². The summed E-state index contributed by atoms with van der Waals surface area (Å²) < 4.78 is 11.4. The van der Waals surface area contributed by atoms with Gasteiger partial charge in [0.25, 0.3) is 0 Å². The molecule has 5 heteroatoms. The number of dihydropyridines is 1. The van der Waals surface area contributed by atoms with Crippen molar-refractivity contribution in [3.8, 4) is 11.1 Å². The fraction of sp³-hybridized carbons (Fsp3) is 0.400. The van der Waals surface area contributed by atoms with Crippen molar-refractivity contribution in [2.24, 2.45) is 5.41 Å². The quantitative estimate of drug-likeness (QED) is 0.569. The van der Waals surface area contributed by atoms with Crippen LogP contribution in [-0.4, -0.2) is 31.1 Å². The summed E-state index contributed by atoms with van der Waals surface area (Å²) in [7, 11) is 0. The van der Waals surface area contributed by atoms with Gasteiger partial charge in [-0.1, -0.05) is 68.4 Å². The van der Waals surface area contributed by atoms with Crippen LogP contribution >= 0.6 is 0 Å². The van der Waals surface area contributed by atoms with Gasteiger partial charge in [-0.2, -0.15) is 0 Å². The SMILES string of the molecule is CC1=C(C(=O)OC[C@@H]2CCCO2)[C@H](c2ccc(-c3ccccc3)cc2)C2=C(CC(C)(C)CC2=O)N1. The minimum atomic E-state index is -0.448. The first-order chi connectivity index (χ1) is 16.8. The van der Waals surface area contributed by atoms with Crippen LogP contribution in [-0.2, 0) is 19.1 Å². The molecule has 1 N–H and O–H groups in total. The molecule has 1 aliphatic carbocycles. The van der Waals surface area contributed by atoms with Crippen molar-refractivity contribution in [3.05, 3.63) is 82.7 Å². The summed E-state index contributed by atoms with van der Waals surface area (Å²) in [5.41, 5.74) is 5.92. The van der Waals surface area contributed by atoms with Crippen LogP contribution in [0.1, 0.15) is 57.9 Å². The van der Waals surface area contributed by atoms with Crippen LogP contribution in [0.2, 0.25) is 0 Å². The fourth-order valence-electron chi connectivity index (χ4n) is 5.56. The highest BCUT2D eigenvalue weighted by molar-refractivity contribution is 6.04. The number of allylic oxidation sites excluding steroid dienone is 3. The number of esters is 1. The Morgan fingerprint density at radius 2 is 1.77 bits per heavy atom. The molecule has 0 bridgehead atoms. The minimum absolute atomic E-state index is 0.0492. The molecule has 5 rings (SSSR count). The minimum Gasteiger partial charge on any atom is -0.459 e. The summed E-state index contributed by atoms with van der Waals surface area (Å²) in [4.78, 5) is 26.9. The number of rotatable bonds is 5. The molecule has 0 unspecified atom stereocenters. The Hall–Kier alpha value is -3.18. The van der Waals surface area contributed by atoms with Crippen molar-refractivity contribution in [2.45, 2.75) is 58.5 Å². The summed E-state index contributed by atoms with van der Waals surface area (Å²) in [6, 6.07) is 18.4. The highest BCUT2D eigenvalue weighted by Gasteiger charge is 2.43. The molecule has 0 spiro atoms. The Kier molecular flexibility index (Phi) is 6.37. The van der Waals surface area contributed by atoms with Gasteiger partial charge in [-0.25, -0.2) is 4.79 Å². The predicted octanol–water partition coefficient (Wildman–Crippen LogP) is 5.68. The third-order valence-corrected chi connectivity index (χ3v) is 7.24. The maximum atomic E-state index is 13.5. The topological polar surface area (TPSA) is 64.6 Å². The lowest BCUT2D eigenvalue weighted by molar-refractivity contribution is -0.142. The van der Waals surface area contributed by atoms with E-state index in [0.717, 1.165) is 47.3 Å². The van der Waals surface area contributed by atoms with Gasteiger partial charge in [-0.3, -0.25) is 4.79 Å². The molecule has 2 atom stereocenters. The van der Waals surface area contributed by atoms with Crippen molar-refractivity contribution in [2.75, 3.05) is 13.2 Å². The second-order valence-corrected chi connectivity index (χ2v) is 10.7. The molecule has 182 valence electrons. The van der Waals surface area contributed by atoms with E-state index in [4.69, 9.17) is 9.47 Å². The molecular formula is C30H33NO4. The first-order valence-corrected chi connectivity index (χ1v) is 12.5. The summed E-state index contributed by atoms with van der Waals surface area (Å²) in [5, 5.41) is 3.41. The number of ether oxygens (including phenoxy) is 2. The zero-order valence-electron chi connectivity index (χ0n) is 20.7. The van der Waals surface area contributed by atoms with E-state index in [2.05, 4.69) is 43.4 Å². The Balaban J connectivity index is 1.52. The lowest BCUT2D eigenvalue weighted by Gasteiger charge is -2.39. The Bertz CT molecular complexity index is 1180. The number of benzene rings is 2. The first kappa shape index (κ1) is 23.6. The van der Waals surface area contributed by atoms with Gasteiger partial charge >= 0.3 is 5.97 Å². The van der Waals surface area contributed by atoms with Gasteiger partial charge in [0.2, 0.25) is 0 Å². The molecular weight excluding hydrogens is 438 g/mol. The molecule has 2 aromatic carbocycles. The van der Waals surface area contributed by atoms with Crippen LogP contribution in [0.3, 0.4) is 0 Å². The van der Waals surface area contributed by atoms with Crippen molar-refractivity contribution >= 4 is 11.8 Å². The molecule has 2 aromatic rings. The summed E-state index contributed by atoms with van der Waals surface area (Å²) in [6.45, 7) is 7.09. The standard InChI is InChI=1S/C30H33NO4/c1-19-26(29(33)35-18-23-10-7-15-34-23)27(28-24(31-19)16-30(2,3)17-25(28)32)22-13-11-21(12-14-22)20-8-5-4-6-9-20/h4-6,8-9,11-14,23,27,31H,7,10,15-18H2,1-3H3/t23-,27-/m0/s1. The van der Waals surface area contributed by atoms with E-state index < -0.39 is 5.92 Å². The molecule has 0 aromatic heterocycles. The van der Waals surface area contributed by atoms with E-state index in [0.29, 0.717) is 24.2 Å². The van der Waals surface area contributed by atoms with Gasteiger partial charge in [0.15, 0.2) is 5.78 Å². The van der Waals surface area contributed by atoms with Crippen LogP contribution in [0.15, 0.2) is 77.1 Å². The summed E-state index contributed by atoms with van der Waals surface area (Å²) in [5.74, 6) is -0.735. The van der Waals surface area contributed by atoms with Gasteiger partial charge in [-0.15, -0.1) is 0 Å². The maximum Gasteiger partial charge on any atom is 0.336 e. The molecule has 1 fully saturated rings. The van der Waals surface area contributed by atoms with E-state index in [1.54, 1.807) is 0 Å². The maximum absolute atomic E-state index is 13.5. The van der Waals surface area contributed by atoms with E-state index in [1.165, 1.54) is 0 Å². The monoisotopic (exact) mass is 471 g/mol. The Morgan fingerprint density at radius 3 is 2.46 bits per heavy atom. The number of Topliss-reactive ketones (excluding diaryl/α,β-unsaturated/α-hetero) is 1. The average Bonchev–Trinajstić information content (AvgIpc) is 3.35. The molecule has 1 saturated heterocycles. The van der Waals surface area contributed by atoms with Crippen molar-refractivity contribution < 1.29 is 19.1 Å². The molecule has 35 heavy (non-hydrogen) atoms. The third kappa shape index (κ3) is 4.83. The van der Waals surface area contributed by atoms with E-state index in [-0.39, 0.29) is 29.9 Å².